The van der Waals surface area contributed by atoms with Crippen LogP contribution in [0.2, 0.25) is 0 Å². The van der Waals surface area contributed by atoms with Gasteiger partial charge in [0.1, 0.15) is 6.07 Å². The molecule has 0 saturated carbocycles. The lowest BCUT2D eigenvalue weighted by molar-refractivity contribution is -0.143. The number of hydrogen-bond acceptors (Lipinski definition) is 6. The van der Waals surface area contributed by atoms with E-state index in [0.29, 0.717) is 18.9 Å². The Morgan fingerprint density at radius 1 is 1.43 bits per heavy atom. The van der Waals surface area contributed by atoms with E-state index in [-0.39, 0.29) is 24.0 Å². The standard InChI is InChI=1S/C15H15N3O3/c1-2-20-14(19)9-8-13-18-12(10-16)15(21-13)17-11-6-4-3-5-7-11/h3-7,17H,2,8-9H2,1H3. The highest BCUT2D eigenvalue weighted by Crippen LogP contribution is 2.22. The largest absolute Gasteiger partial charge is 0.466 e. The van der Waals surface area contributed by atoms with Crippen molar-refractivity contribution < 1.29 is 13.9 Å². The highest BCUT2D eigenvalue weighted by Gasteiger charge is 2.14. The van der Waals surface area contributed by atoms with Crippen molar-refractivity contribution in [3.8, 4) is 6.07 Å². The highest BCUT2D eigenvalue weighted by molar-refractivity contribution is 5.69. The summed E-state index contributed by atoms with van der Waals surface area (Å²) in [5, 5.41) is 12.1. The van der Waals surface area contributed by atoms with Crippen molar-refractivity contribution in [1.82, 2.24) is 4.98 Å². The maximum Gasteiger partial charge on any atom is 0.306 e. The van der Waals surface area contributed by atoms with E-state index in [1.807, 2.05) is 36.4 Å². The van der Waals surface area contributed by atoms with Gasteiger partial charge in [-0.05, 0) is 19.1 Å². The molecule has 1 N–H and O–H groups in total. The van der Waals surface area contributed by atoms with Gasteiger partial charge in [-0.25, -0.2) is 4.98 Å². The molecular weight excluding hydrogens is 270 g/mol. The predicted octanol–water partition coefficient (Wildman–Crippen LogP) is 2.79. The van der Waals surface area contributed by atoms with Crippen molar-refractivity contribution in [2.45, 2.75) is 19.8 Å². The molecule has 2 rings (SSSR count). The molecule has 0 aliphatic heterocycles. The second kappa shape index (κ2) is 7.10. The van der Waals surface area contributed by atoms with E-state index in [0.717, 1.165) is 5.69 Å². The van der Waals surface area contributed by atoms with Crippen LogP contribution in [0.25, 0.3) is 0 Å². The van der Waals surface area contributed by atoms with Crippen LogP contribution < -0.4 is 5.32 Å². The van der Waals surface area contributed by atoms with E-state index >= 15 is 0 Å². The van der Waals surface area contributed by atoms with Crippen LogP contribution in [-0.2, 0) is 16.0 Å². The molecule has 108 valence electrons. The summed E-state index contributed by atoms with van der Waals surface area (Å²) in [6.45, 7) is 2.09. The highest BCUT2D eigenvalue weighted by atomic mass is 16.5. The molecule has 1 heterocycles. The maximum absolute atomic E-state index is 11.3. The van der Waals surface area contributed by atoms with Gasteiger partial charge in [0.25, 0.3) is 0 Å². The van der Waals surface area contributed by atoms with E-state index in [4.69, 9.17) is 14.4 Å². The summed E-state index contributed by atoms with van der Waals surface area (Å²) in [6.07, 6.45) is 0.466. The van der Waals surface area contributed by atoms with Crippen LogP contribution in [0.4, 0.5) is 11.6 Å². The van der Waals surface area contributed by atoms with Gasteiger partial charge in [-0.3, -0.25) is 4.79 Å². The van der Waals surface area contributed by atoms with E-state index < -0.39 is 0 Å². The second-order valence-corrected chi connectivity index (χ2v) is 4.19. The third-order valence-corrected chi connectivity index (χ3v) is 2.66. The first-order valence-electron chi connectivity index (χ1n) is 6.60. The molecule has 0 fully saturated rings. The van der Waals surface area contributed by atoms with Crippen LogP contribution in [-0.4, -0.2) is 17.6 Å². The van der Waals surface area contributed by atoms with Crippen molar-refractivity contribution in [3.05, 3.63) is 41.9 Å². The first-order valence-corrected chi connectivity index (χ1v) is 6.60. The monoisotopic (exact) mass is 285 g/mol. The van der Waals surface area contributed by atoms with E-state index in [1.54, 1.807) is 6.92 Å². The Bertz CT molecular complexity index is 644. The molecule has 0 saturated heterocycles. The average molecular weight is 285 g/mol. The van der Waals surface area contributed by atoms with Crippen LogP contribution in [0.1, 0.15) is 24.9 Å². The topological polar surface area (TPSA) is 88.1 Å². The lowest BCUT2D eigenvalue weighted by atomic mass is 10.3. The first kappa shape index (κ1) is 14.6. The van der Waals surface area contributed by atoms with Gasteiger partial charge in [0, 0.05) is 12.1 Å². The fourth-order valence-electron chi connectivity index (χ4n) is 1.73. The Morgan fingerprint density at radius 3 is 2.86 bits per heavy atom. The molecule has 0 aliphatic carbocycles. The number of carbonyl (C=O) groups is 1. The number of ether oxygens (including phenoxy) is 1. The van der Waals surface area contributed by atoms with Gasteiger partial charge in [-0.2, -0.15) is 5.26 Å². The molecule has 6 heteroatoms. The molecule has 1 aromatic heterocycles. The van der Waals surface area contributed by atoms with E-state index in [9.17, 15) is 4.79 Å². The summed E-state index contributed by atoms with van der Waals surface area (Å²) in [5.41, 5.74) is 0.958. The Kier molecular flexibility index (Phi) is 4.94. The van der Waals surface area contributed by atoms with E-state index in [2.05, 4.69) is 10.3 Å². The summed E-state index contributed by atoms with van der Waals surface area (Å²) in [4.78, 5) is 15.4. The quantitative estimate of drug-likeness (QED) is 0.821. The minimum absolute atomic E-state index is 0.165. The molecule has 6 nitrogen and oxygen atoms in total. The Balaban J connectivity index is 2.05. The number of esters is 1. The fraction of sp³-hybridized carbons (Fsp3) is 0.267. The van der Waals surface area contributed by atoms with Gasteiger partial charge >= 0.3 is 5.97 Å². The predicted molar refractivity (Wildman–Crippen MR) is 75.9 cm³/mol. The maximum atomic E-state index is 11.3. The number of nitrogens with one attached hydrogen (secondary N) is 1. The third-order valence-electron chi connectivity index (χ3n) is 2.66. The van der Waals surface area contributed by atoms with Crippen LogP contribution >= 0.6 is 0 Å². The molecule has 1 aromatic carbocycles. The minimum Gasteiger partial charge on any atom is -0.466 e. The molecule has 21 heavy (non-hydrogen) atoms. The molecule has 0 spiro atoms. The van der Waals surface area contributed by atoms with Crippen molar-refractivity contribution in [2.75, 3.05) is 11.9 Å². The Labute approximate surface area is 122 Å². The molecular formula is C15H15N3O3. The van der Waals surface area contributed by atoms with Gasteiger partial charge in [0.2, 0.25) is 11.6 Å². The van der Waals surface area contributed by atoms with Crippen molar-refractivity contribution >= 4 is 17.5 Å². The zero-order chi connectivity index (χ0) is 15.1. The summed E-state index contributed by atoms with van der Waals surface area (Å²) in [5.74, 6) is 0.298. The number of oxazole rings is 1. The van der Waals surface area contributed by atoms with Gasteiger partial charge in [0.05, 0.1) is 13.0 Å². The number of aryl methyl sites for hydroxylation is 1. The van der Waals surface area contributed by atoms with Crippen molar-refractivity contribution in [1.29, 1.82) is 5.26 Å². The van der Waals surface area contributed by atoms with Gasteiger partial charge in [0.15, 0.2) is 5.89 Å². The molecule has 0 atom stereocenters. The number of nitrogens with zero attached hydrogens (tertiary/aromatic N) is 2. The molecule has 0 radical (unpaired) electrons. The molecule has 0 aliphatic rings. The molecule has 2 aromatic rings. The van der Waals surface area contributed by atoms with Crippen LogP contribution in [0.3, 0.4) is 0 Å². The fourth-order valence-corrected chi connectivity index (χ4v) is 1.73. The number of anilines is 2. The normalized spacial score (nSPS) is 9.90. The van der Waals surface area contributed by atoms with Crippen LogP contribution in [0.15, 0.2) is 34.7 Å². The summed E-state index contributed by atoms with van der Waals surface area (Å²) >= 11 is 0. The van der Waals surface area contributed by atoms with Crippen molar-refractivity contribution in [2.24, 2.45) is 0 Å². The third kappa shape index (κ3) is 4.08. The minimum atomic E-state index is -0.313. The summed E-state index contributed by atoms with van der Waals surface area (Å²) in [7, 11) is 0. The molecule has 0 unspecified atom stereocenters. The van der Waals surface area contributed by atoms with Crippen LogP contribution in [0, 0.1) is 11.3 Å². The number of nitriles is 1. The number of benzene rings is 1. The van der Waals surface area contributed by atoms with E-state index in [1.165, 1.54) is 0 Å². The molecule has 0 amide bonds. The second-order valence-electron chi connectivity index (χ2n) is 4.19. The lowest BCUT2D eigenvalue weighted by Gasteiger charge is -2.01. The number of rotatable bonds is 6. The van der Waals surface area contributed by atoms with Crippen molar-refractivity contribution in [3.63, 3.8) is 0 Å². The zero-order valence-corrected chi connectivity index (χ0v) is 11.6. The summed E-state index contributed by atoms with van der Waals surface area (Å²) in [6, 6.07) is 11.3. The van der Waals surface area contributed by atoms with Gasteiger partial charge in [-0.15, -0.1) is 0 Å². The zero-order valence-electron chi connectivity index (χ0n) is 11.6. The number of para-hydroxylation sites is 1. The van der Waals surface area contributed by atoms with Crippen LogP contribution in [0.5, 0.6) is 0 Å². The average Bonchev–Trinajstić information content (AvgIpc) is 2.88. The van der Waals surface area contributed by atoms with Gasteiger partial charge < -0.3 is 14.5 Å². The number of hydrogen-bond donors (Lipinski definition) is 1. The Hall–Kier alpha value is -2.81. The number of carbonyl (C=O) groups excluding carboxylic acids is 1. The van der Waals surface area contributed by atoms with Gasteiger partial charge in [-0.1, -0.05) is 18.2 Å². The number of aromatic nitrogens is 1. The first-order chi connectivity index (χ1) is 10.2. The lowest BCUT2D eigenvalue weighted by Crippen LogP contribution is -2.05. The molecule has 0 bridgehead atoms. The summed E-state index contributed by atoms with van der Waals surface area (Å²) < 4.78 is 10.3. The Morgan fingerprint density at radius 2 is 2.19 bits per heavy atom. The SMILES string of the molecule is CCOC(=O)CCc1nc(C#N)c(Nc2ccccc2)o1. The smallest absolute Gasteiger partial charge is 0.306 e.